The number of furan rings is 2. The summed E-state index contributed by atoms with van der Waals surface area (Å²) in [6.45, 7) is 0. The van der Waals surface area contributed by atoms with Crippen LogP contribution in [0.1, 0.15) is 11.0 Å². The topological polar surface area (TPSA) is 26.3 Å². The number of benzene rings is 7. The molecule has 186 valence electrons. The minimum absolute atomic E-state index is 0.120. The molecule has 0 N–H and O–H groups in total. The first kappa shape index (κ1) is 15.3. The van der Waals surface area contributed by atoms with Gasteiger partial charge in [0, 0.05) is 43.8 Å². The normalized spacial score (nSPS) is 14.8. The lowest BCUT2D eigenvalue weighted by atomic mass is 9.85. The summed E-state index contributed by atoms with van der Waals surface area (Å²) in [7, 11) is 0. The van der Waals surface area contributed by atoms with Crippen molar-refractivity contribution < 1.29 is 19.8 Å². The summed E-state index contributed by atoms with van der Waals surface area (Å²) in [6.07, 6.45) is 0. The summed E-state index contributed by atoms with van der Waals surface area (Å²) in [5.41, 5.74) is 3.48. The molecule has 0 amide bonds. The lowest BCUT2D eigenvalue weighted by Gasteiger charge is -2.18. The highest BCUT2D eigenvalue weighted by atomic mass is 16.3. The van der Waals surface area contributed by atoms with Crippen molar-refractivity contribution in [2.75, 3.05) is 0 Å². The second-order valence-electron chi connectivity index (χ2n) is 9.81. The third-order valence-corrected chi connectivity index (χ3v) is 7.72. The fourth-order valence-electron chi connectivity index (χ4n) is 6.05. The SMILES string of the molecule is [2H]c1c([2H])c([2H])c2c(-c3cccc4c3oc3ccccc34)c3c([2H])c([2H])c([2H])c([2H])c3c(-c3cccc4c3oc3ccccc34)c2c1[2H]. The van der Waals surface area contributed by atoms with Crippen LogP contribution in [0.2, 0.25) is 0 Å². The van der Waals surface area contributed by atoms with E-state index in [-0.39, 0.29) is 56.8 Å². The minimum atomic E-state index is -0.460. The van der Waals surface area contributed by atoms with Crippen molar-refractivity contribution in [2.45, 2.75) is 0 Å². The fraction of sp³-hybridized carbons (Fsp3) is 0. The summed E-state index contributed by atoms with van der Waals surface area (Å²) in [5.74, 6) is 0. The van der Waals surface area contributed by atoms with Crippen molar-refractivity contribution in [2.24, 2.45) is 0 Å². The smallest absolute Gasteiger partial charge is 0.143 e. The van der Waals surface area contributed by atoms with Crippen molar-refractivity contribution >= 4 is 65.4 Å². The van der Waals surface area contributed by atoms with Gasteiger partial charge in [-0.2, -0.15) is 0 Å². The molecule has 9 aromatic rings. The zero-order valence-electron chi connectivity index (χ0n) is 28.9. The Labute approximate surface area is 240 Å². The van der Waals surface area contributed by atoms with E-state index in [1.807, 2.05) is 72.8 Å². The Morgan fingerprint density at radius 3 is 1.18 bits per heavy atom. The number of fused-ring (bicyclic) bond motifs is 8. The van der Waals surface area contributed by atoms with E-state index < -0.39 is 24.2 Å². The largest absolute Gasteiger partial charge is 0.455 e. The van der Waals surface area contributed by atoms with Gasteiger partial charge in [-0.3, -0.25) is 0 Å². The van der Waals surface area contributed by atoms with Gasteiger partial charge < -0.3 is 8.83 Å². The third kappa shape index (κ3) is 2.88. The number of hydrogen-bond donors (Lipinski definition) is 0. The van der Waals surface area contributed by atoms with E-state index >= 15 is 0 Å². The van der Waals surface area contributed by atoms with Crippen LogP contribution in [0.25, 0.3) is 87.7 Å². The monoisotopic (exact) mass is 518 g/mol. The van der Waals surface area contributed by atoms with Crippen LogP contribution in [0.3, 0.4) is 0 Å². The van der Waals surface area contributed by atoms with E-state index in [1.54, 1.807) is 12.1 Å². The first-order chi connectivity index (χ1) is 23.2. The maximum Gasteiger partial charge on any atom is 0.143 e. The van der Waals surface area contributed by atoms with Gasteiger partial charge in [-0.25, -0.2) is 0 Å². The number of rotatable bonds is 2. The minimum Gasteiger partial charge on any atom is -0.455 e. The summed E-state index contributed by atoms with van der Waals surface area (Å²) >= 11 is 0. The molecule has 40 heavy (non-hydrogen) atoms. The van der Waals surface area contributed by atoms with Gasteiger partial charge in [0.1, 0.15) is 22.3 Å². The molecular formula is C38H22O2. The van der Waals surface area contributed by atoms with Crippen LogP contribution in [-0.4, -0.2) is 0 Å². The molecule has 0 fully saturated rings. The summed E-state index contributed by atoms with van der Waals surface area (Å²) in [6, 6.07) is 22.8. The standard InChI is InChI=1S/C38H22O2/c1-2-14-26-25(13-1)35(31-19-9-17-29-23-11-5-7-21-33(23)39-37(29)31)27-15-3-4-16-28(27)36(26)32-20-10-18-30-24-12-6-8-22-34(24)40-38(30)32/h1-22H/i1D,2D,3D,4D,13D,14D,15D,16D. The van der Waals surface area contributed by atoms with Crippen LogP contribution < -0.4 is 0 Å². The van der Waals surface area contributed by atoms with E-state index in [2.05, 4.69) is 0 Å². The van der Waals surface area contributed by atoms with Crippen molar-refractivity contribution in [1.29, 1.82) is 0 Å². The second-order valence-corrected chi connectivity index (χ2v) is 9.81. The van der Waals surface area contributed by atoms with Crippen LogP contribution in [0.15, 0.2) is 142 Å². The quantitative estimate of drug-likeness (QED) is 0.213. The Morgan fingerprint density at radius 2 is 0.750 bits per heavy atom. The molecule has 0 aliphatic carbocycles. The molecule has 2 aromatic heterocycles. The van der Waals surface area contributed by atoms with Crippen molar-refractivity contribution in [3.63, 3.8) is 0 Å². The molecule has 0 aliphatic heterocycles. The second kappa shape index (κ2) is 8.08. The molecule has 0 radical (unpaired) electrons. The van der Waals surface area contributed by atoms with Crippen molar-refractivity contribution in [3.05, 3.63) is 133 Å². The summed E-state index contributed by atoms with van der Waals surface area (Å²) in [4.78, 5) is 0. The van der Waals surface area contributed by atoms with Crippen molar-refractivity contribution in [1.82, 2.24) is 0 Å². The first-order valence-electron chi connectivity index (χ1n) is 17.0. The number of para-hydroxylation sites is 4. The molecule has 9 rings (SSSR count). The zero-order valence-corrected chi connectivity index (χ0v) is 20.9. The average Bonchev–Trinajstić information content (AvgIpc) is 3.69. The van der Waals surface area contributed by atoms with E-state index in [1.165, 1.54) is 0 Å². The van der Waals surface area contributed by atoms with Crippen LogP contribution in [0, 0.1) is 0 Å². The van der Waals surface area contributed by atoms with Crippen LogP contribution in [0.5, 0.6) is 0 Å². The van der Waals surface area contributed by atoms with Crippen LogP contribution in [0.4, 0.5) is 0 Å². The van der Waals surface area contributed by atoms with E-state index in [9.17, 15) is 5.48 Å². The summed E-state index contributed by atoms with van der Waals surface area (Å²) in [5, 5.41) is 3.71. The Bertz CT molecular complexity index is 2610. The Morgan fingerprint density at radius 1 is 0.375 bits per heavy atom. The number of hydrogen-bond acceptors (Lipinski definition) is 2. The molecule has 2 nitrogen and oxygen atoms in total. The van der Waals surface area contributed by atoms with E-state index in [0.29, 0.717) is 33.5 Å². The fourth-order valence-corrected chi connectivity index (χ4v) is 6.05. The summed E-state index contributed by atoms with van der Waals surface area (Å²) < 4.78 is 85.0. The van der Waals surface area contributed by atoms with Gasteiger partial charge >= 0.3 is 0 Å². The Hall–Kier alpha value is -5.34. The molecule has 7 aromatic carbocycles. The first-order valence-corrected chi connectivity index (χ1v) is 13.0. The lowest BCUT2D eigenvalue weighted by molar-refractivity contribution is 0.669. The Balaban J connectivity index is 1.61. The van der Waals surface area contributed by atoms with Gasteiger partial charge in [0.2, 0.25) is 0 Å². The predicted molar refractivity (Wildman–Crippen MR) is 167 cm³/mol. The molecule has 2 heteroatoms. The van der Waals surface area contributed by atoms with Crippen LogP contribution in [-0.2, 0) is 0 Å². The van der Waals surface area contributed by atoms with E-state index in [0.717, 1.165) is 21.5 Å². The predicted octanol–water partition coefficient (Wildman–Crippen LogP) is 11.1. The Kier molecular flexibility index (Phi) is 3.09. The molecule has 0 bridgehead atoms. The van der Waals surface area contributed by atoms with Gasteiger partial charge in [-0.05, 0) is 33.7 Å². The third-order valence-electron chi connectivity index (χ3n) is 7.72. The molecule has 0 saturated carbocycles. The van der Waals surface area contributed by atoms with Gasteiger partial charge in [0.15, 0.2) is 0 Å². The lowest BCUT2D eigenvalue weighted by Crippen LogP contribution is -1.91. The van der Waals surface area contributed by atoms with Gasteiger partial charge in [-0.1, -0.05) is 121 Å². The zero-order chi connectivity index (χ0) is 33.2. The molecule has 0 atom stereocenters. The van der Waals surface area contributed by atoms with Crippen LogP contribution >= 0.6 is 0 Å². The van der Waals surface area contributed by atoms with Gasteiger partial charge in [-0.15, -0.1) is 0 Å². The molecular weight excluding hydrogens is 488 g/mol. The maximum atomic E-state index is 9.30. The molecule has 0 spiro atoms. The highest BCUT2D eigenvalue weighted by Crippen LogP contribution is 2.48. The van der Waals surface area contributed by atoms with Crippen molar-refractivity contribution in [3.8, 4) is 22.3 Å². The highest BCUT2D eigenvalue weighted by molar-refractivity contribution is 6.26. The molecule has 0 aliphatic rings. The average molecular weight is 519 g/mol. The highest BCUT2D eigenvalue weighted by Gasteiger charge is 2.22. The van der Waals surface area contributed by atoms with E-state index in [4.69, 9.17) is 14.3 Å². The maximum absolute atomic E-state index is 9.30. The molecule has 2 heterocycles. The molecule has 0 unspecified atom stereocenters. The van der Waals surface area contributed by atoms with Gasteiger partial charge in [0.25, 0.3) is 0 Å². The van der Waals surface area contributed by atoms with Gasteiger partial charge in [0.05, 0.1) is 11.0 Å². The molecule has 0 saturated heterocycles.